The molecule has 0 unspecified atom stereocenters. The largest absolute Gasteiger partial charge is 0.484 e. The highest BCUT2D eigenvalue weighted by Crippen LogP contribution is 2.24. The third-order valence-electron chi connectivity index (χ3n) is 4.94. The van der Waals surface area contributed by atoms with Crippen molar-refractivity contribution in [1.82, 2.24) is 10.3 Å². The number of amides is 1. The van der Waals surface area contributed by atoms with E-state index in [0.717, 1.165) is 41.3 Å². The Labute approximate surface area is 172 Å². The smallest absolute Gasteiger partial charge is 0.336 e. The molecule has 7 nitrogen and oxygen atoms in total. The highest BCUT2D eigenvalue weighted by molar-refractivity contribution is 7.13. The number of carbonyl (C=O) groups excluding carboxylic acids is 1. The average molecular weight is 413 g/mol. The Balaban J connectivity index is 1.32. The second-order valence-corrected chi connectivity index (χ2v) is 7.82. The highest BCUT2D eigenvalue weighted by atomic mass is 32.1. The zero-order chi connectivity index (χ0) is 20.2. The first-order valence-corrected chi connectivity index (χ1v) is 10.7. The minimum Gasteiger partial charge on any atom is -0.484 e. The van der Waals surface area contributed by atoms with Crippen LogP contribution >= 0.6 is 11.3 Å². The van der Waals surface area contributed by atoms with Crippen molar-refractivity contribution in [3.63, 3.8) is 0 Å². The lowest BCUT2D eigenvalue weighted by atomic mass is 10.1. The normalized spacial score (nSPS) is 13.8. The van der Waals surface area contributed by atoms with E-state index in [1.165, 1.54) is 18.9 Å². The molecule has 2 aromatic heterocycles. The quantitative estimate of drug-likeness (QED) is 0.599. The lowest BCUT2D eigenvalue weighted by Gasteiger charge is -2.12. The van der Waals surface area contributed by atoms with E-state index in [1.54, 1.807) is 23.5 Å². The van der Waals surface area contributed by atoms with Crippen molar-refractivity contribution < 1.29 is 13.9 Å². The van der Waals surface area contributed by atoms with Gasteiger partial charge in [-0.3, -0.25) is 4.79 Å². The van der Waals surface area contributed by atoms with E-state index in [4.69, 9.17) is 9.15 Å². The summed E-state index contributed by atoms with van der Waals surface area (Å²) in [6.07, 6.45) is 3.16. The number of aromatic nitrogens is 1. The van der Waals surface area contributed by atoms with Crippen molar-refractivity contribution >= 4 is 33.3 Å². The second kappa shape index (κ2) is 8.65. The lowest BCUT2D eigenvalue weighted by Crippen LogP contribution is -2.28. The van der Waals surface area contributed by atoms with Crippen LogP contribution in [0, 0.1) is 0 Å². The number of aryl methyl sites for hydroxylation is 1. The maximum atomic E-state index is 12.1. The number of thiazole rings is 1. The lowest BCUT2D eigenvalue weighted by molar-refractivity contribution is -0.123. The van der Waals surface area contributed by atoms with Gasteiger partial charge in [0.1, 0.15) is 11.3 Å². The number of hydrogen-bond acceptors (Lipinski definition) is 7. The van der Waals surface area contributed by atoms with Crippen molar-refractivity contribution in [2.24, 2.45) is 0 Å². The van der Waals surface area contributed by atoms with Crippen molar-refractivity contribution in [3.05, 3.63) is 51.3 Å². The van der Waals surface area contributed by atoms with Gasteiger partial charge < -0.3 is 19.4 Å². The summed E-state index contributed by atoms with van der Waals surface area (Å²) in [5, 5.41) is 6.70. The summed E-state index contributed by atoms with van der Waals surface area (Å²) in [5.74, 6) is 0.249. The van der Waals surface area contributed by atoms with Gasteiger partial charge >= 0.3 is 5.63 Å². The molecule has 1 aromatic carbocycles. The van der Waals surface area contributed by atoms with E-state index >= 15 is 0 Å². The Hall–Kier alpha value is -2.87. The Morgan fingerprint density at radius 2 is 2.14 bits per heavy atom. The summed E-state index contributed by atoms with van der Waals surface area (Å²) in [7, 11) is 0. The molecule has 0 bridgehead atoms. The summed E-state index contributed by atoms with van der Waals surface area (Å²) in [6, 6.07) is 6.77. The van der Waals surface area contributed by atoms with E-state index in [2.05, 4.69) is 15.2 Å². The summed E-state index contributed by atoms with van der Waals surface area (Å²) in [6.45, 7) is 4.35. The molecule has 0 spiro atoms. The predicted octanol–water partition coefficient (Wildman–Crippen LogP) is 3.11. The van der Waals surface area contributed by atoms with Crippen LogP contribution in [0.3, 0.4) is 0 Å². The van der Waals surface area contributed by atoms with Gasteiger partial charge in [0.25, 0.3) is 5.91 Å². The van der Waals surface area contributed by atoms with E-state index in [1.807, 2.05) is 18.4 Å². The molecule has 0 aliphatic carbocycles. The van der Waals surface area contributed by atoms with Crippen LogP contribution in [0.15, 0.2) is 38.9 Å². The van der Waals surface area contributed by atoms with Gasteiger partial charge in [-0.05, 0) is 37.0 Å². The standard InChI is InChI=1S/C21H23N3O4S/c1-2-14-9-20(26)28-18-10-16(5-6-17(14)18)27-12-19(25)22-11-15-13-29-21(23-15)24-7-3-4-8-24/h5-6,9-10,13H,2-4,7-8,11-12H2,1H3,(H,22,25). The SMILES string of the molecule is CCc1cc(=O)oc2cc(OCC(=O)NCc3csc(N4CCCC4)n3)ccc12. The van der Waals surface area contributed by atoms with Gasteiger partial charge in [0.2, 0.25) is 0 Å². The van der Waals surface area contributed by atoms with Crippen molar-refractivity contribution in [2.75, 3.05) is 24.6 Å². The summed E-state index contributed by atoms with van der Waals surface area (Å²) >= 11 is 1.61. The number of hydrogen-bond donors (Lipinski definition) is 1. The first-order valence-electron chi connectivity index (χ1n) is 9.78. The van der Waals surface area contributed by atoms with Crippen LogP contribution in [0.4, 0.5) is 5.13 Å². The van der Waals surface area contributed by atoms with Gasteiger partial charge in [0, 0.05) is 36.0 Å². The molecule has 1 aliphatic rings. The minimum atomic E-state index is -0.388. The molecule has 0 radical (unpaired) electrons. The first kappa shape index (κ1) is 19.4. The van der Waals surface area contributed by atoms with Crippen LogP contribution in [-0.4, -0.2) is 30.6 Å². The van der Waals surface area contributed by atoms with E-state index in [9.17, 15) is 9.59 Å². The molecular weight excluding hydrogens is 390 g/mol. The number of benzene rings is 1. The number of rotatable bonds is 7. The third-order valence-corrected chi connectivity index (χ3v) is 5.89. The molecule has 3 heterocycles. The molecule has 0 saturated carbocycles. The van der Waals surface area contributed by atoms with E-state index in [0.29, 0.717) is 17.9 Å². The number of nitrogens with one attached hydrogen (secondary N) is 1. The van der Waals surface area contributed by atoms with Crippen LogP contribution in [-0.2, 0) is 17.8 Å². The maximum absolute atomic E-state index is 12.1. The fourth-order valence-corrected chi connectivity index (χ4v) is 4.29. The number of fused-ring (bicyclic) bond motifs is 1. The molecule has 152 valence electrons. The van der Waals surface area contributed by atoms with E-state index < -0.39 is 0 Å². The molecule has 1 amide bonds. The molecule has 1 aliphatic heterocycles. The van der Waals surface area contributed by atoms with Gasteiger partial charge in [0.15, 0.2) is 11.7 Å². The highest BCUT2D eigenvalue weighted by Gasteiger charge is 2.16. The van der Waals surface area contributed by atoms with Crippen LogP contribution in [0.25, 0.3) is 11.0 Å². The fourth-order valence-electron chi connectivity index (χ4n) is 3.41. The predicted molar refractivity (Wildman–Crippen MR) is 113 cm³/mol. The number of nitrogens with zero attached hydrogens (tertiary/aromatic N) is 2. The Morgan fingerprint density at radius 1 is 1.31 bits per heavy atom. The zero-order valence-corrected chi connectivity index (χ0v) is 17.1. The average Bonchev–Trinajstić information content (AvgIpc) is 3.41. The summed E-state index contributed by atoms with van der Waals surface area (Å²) < 4.78 is 10.8. The maximum Gasteiger partial charge on any atom is 0.336 e. The number of ether oxygens (including phenoxy) is 1. The van der Waals surface area contributed by atoms with Gasteiger partial charge in [-0.25, -0.2) is 9.78 Å². The monoisotopic (exact) mass is 413 g/mol. The number of anilines is 1. The molecule has 1 saturated heterocycles. The molecule has 4 rings (SSSR count). The van der Waals surface area contributed by atoms with Crippen molar-refractivity contribution in [3.8, 4) is 5.75 Å². The van der Waals surface area contributed by atoms with Crippen LogP contribution < -0.4 is 20.6 Å². The zero-order valence-electron chi connectivity index (χ0n) is 16.3. The van der Waals surface area contributed by atoms with Crippen LogP contribution in [0.2, 0.25) is 0 Å². The van der Waals surface area contributed by atoms with Gasteiger partial charge in [-0.2, -0.15) is 0 Å². The van der Waals surface area contributed by atoms with Gasteiger partial charge in [0.05, 0.1) is 12.2 Å². The number of carbonyl (C=O) groups is 1. The Bertz CT molecular complexity index is 1070. The Kier molecular flexibility index (Phi) is 5.80. The van der Waals surface area contributed by atoms with Crippen LogP contribution in [0.5, 0.6) is 5.75 Å². The third kappa shape index (κ3) is 4.59. The molecule has 1 fully saturated rings. The molecule has 0 atom stereocenters. The summed E-state index contributed by atoms with van der Waals surface area (Å²) in [5.41, 5.74) is 1.85. The Morgan fingerprint density at radius 3 is 2.93 bits per heavy atom. The summed E-state index contributed by atoms with van der Waals surface area (Å²) in [4.78, 5) is 30.7. The molecule has 8 heteroatoms. The van der Waals surface area contributed by atoms with Crippen LogP contribution in [0.1, 0.15) is 31.0 Å². The van der Waals surface area contributed by atoms with E-state index in [-0.39, 0.29) is 18.1 Å². The van der Waals surface area contributed by atoms with Crippen molar-refractivity contribution in [2.45, 2.75) is 32.7 Å². The minimum absolute atomic E-state index is 0.119. The second-order valence-electron chi connectivity index (χ2n) is 6.98. The first-order chi connectivity index (χ1) is 14.1. The fraction of sp³-hybridized carbons (Fsp3) is 0.381. The molecule has 1 N–H and O–H groups in total. The molecule has 3 aromatic rings. The molecular formula is C21H23N3O4S. The van der Waals surface area contributed by atoms with Crippen molar-refractivity contribution in [1.29, 1.82) is 0 Å². The molecule has 29 heavy (non-hydrogen) atoms. The topological polar surface area (TPSA) is 84.7 Å². The van der Waals surface area contributed by atoms with Gasteiger partial charge in [-0.15, -0.1) is 11.3 Å². The van der Waals surface area contributed by atoms with Gasteiger partial charge in [-0.1, -0.05) is 6.92 Å².